The van der Waals surface area contributed by atoms with Crippen molar-refractivity contribution in [1.29, 1.82) is 0 Å². The molecule has 1 aromatic rings. The molecule has 0 heterocycles. The third-order valence-electron chi connectivity index (χ3n) is 2.80. The molecular formula is C12H14BrNO. The van der Waals surface area contributed by atoms with Crippen LogP contribution in [0.25, 0.3) is 0 Å². The summed E-state index contributed by atoms with van der Waals surface area (Å²) in [5, 5.41) is 3.77. The number of hydrogen-bond acceptors (Lipinski definition) is 1. The minimum Gasteiger partial charge on any atom is -0.326 e. The molecule has 1 fully saturated rings. The molecule has 15 heavy (non-hydrogen) atoms. The van der Waals surface area contributed by atoms with E-state index >= 15 is 0 Å². The molecule has 0 aromatic heterocycles. The van der Waals surface area contributed by atoms with Crippen molar-refractivity contribution in [2.24, 2.45) is 11.8 Å². The lowest BCUT2D eigenvalue weighted by Gasteiger charge is -2.05. The molecule has 1 saturated carbocycles. The van der Waals surface area contributed by atoms with Crippen molar-refractivity contribution < 1.29 is 4.79 Å². The average molecular weight is 268 g/mol. The second-order valence-corrected chi connectivity index (χ2v) is 4.70. The van der Waals surface area contributed by atoms with Crippen LogP contribution in [0.15, 0.2) is 24.3 Å². The van der Waals surface area contributed by atoms with Gasteiger partial charge in [-0.05, 0) is 30.0 Å². The van der Waals surface area contributed by atoms with Gasteiger partial charge in [0.25, 0.3) is 0 Å². The molecule has 2 rings (SSSR count). The van der Waals surface area contributed by atoms with Gasteiger partial charge in [-0.3, -0.25) is 4.79 Å². The summed E-state index contributed by atoms with van der Waals surface area (Å²) in [5.41, 5.74) is 2.08. The van der Waals surface area contributed by atoms with Crippen LogP contribution < -0.4 is 5.32 Å². The maximum atomic E-state index is 11.7. The summed E-state index contributed by atoms with van der Waals surface area (Å²) >= 11 is 3.40. The van der Waals surface area contributed by atoms with E-state index in [4.69, 9.17) is 0 Å². The molecule has 2 atom stereocenters. The molecule has 1 aliphatic carbocycles. The Morgan fingerprint density at radius 2 is 2.33 bits per heavy atom. The van der Waals surface area contributed by atoms with Crippen molar-refractivity contribution >= 4 is 27.5 Å². The highest BCUT2D eigenvalue weighted by molar-refractivity contribution is 9.08. The number of rotatable bonds is 3. The smallest absolute Gasteiger partial charge is 0.227 e. The van der Waals surface area contributed by atoms with E-state index in [-0.39, 0.29) is 11.8 Å². The lowest BCUT2D eigenvalue weighted by molar-refractivity contribution is -0.117. The molecule has 0 radical (unpaired) electrons. The van der Waals surface area contributed by atoms with Crippen LogP contribution in [0.5, 0.6) is 0 Å². The molecule has 80 valence electrons. The van der Waals surface area contributed by atoms with Crippen LogP contribution in [0.4, 0.5) is 5.69 Å². The first-order chi connectivity index (χ1) is 7.20. The maximum absolute atomic E-state index is 11.7. The highest BCUT2D eigenvalue weighted by Gasteiger charge is 2.38. The monoisotopic (exact) mass is 267 g/mol. The fraction of sp³-hybridized carbons (Fsp3) is 0.417. The average Bonchev–Trinajstić information content (AvgIpc) is 2.96. The van der Waals surface area contributed by atoms with Crippen LogP contribution in [0.2, 0.25) is 0 Å². The van der Waals surface area contributed by atoms with Gasteiger partial charge in [-0.25, -0.2) is 0 Å². The first kappa shape index (κ1) is 10.7. The lowest BCUT2D eigenvalue weighted by atomic mass is 10.2. The minimum atomic E-state index is 0.161. The predicted octanol–water partition coefficient (Wildman–Crippen LogP) is 3.18. The highest BCUT2D eigenvalue weighted by atomic mass is 79.9. The molecule has 1 N–H and O–H groups in total. The van der Waals surface area contributed by atoms with Crippen molar-refractivity contribution in [3.8, 4) is 0 Å². The van der Waals surface area contributed by atoms with Crippen molar-refractivity contribution in [3.05, 3.63) is 29.8 Å². The molecule has 0 saturated heterocycles. The van der Waals surface area contributed by atoms with Gasteiger partial charge in [0.1, 0.15) is 0 Å². The fourth-order valence-electron chi connectivity index (χ4n) is 1.65. The van der Waals surface area contributed by atoms with Gasteiger partial charge in [-0.1, -0.05) is 35.0 Å². The standard InChI is InChI=1S/C12H14BrNO/c1-8-5-11(8)12(15)14-10-4-2-3-9(6-10)7-13/h2-4,6,8,11H,5,7H2,1H3,(H,14,15). The minimum absolute atomic E-state index is 0.161. The number of nitrogens with one attached hydrogen (secondary N) is 1. The topological polar surface area (TPSA) is 29.1 Å². The third kappa shape index (κ3) is 2.59. The summed E-state index contributed by atoms with van der Waals surface area (Å²) in [6.45, 7) is 2.11. The normalized spacial score (nSPS) is 23.6. The van der Waals surface area contributed by atoms with Crippen LogP contribution in [0.1, 0.15) is 18.9 Å². The summed E-state index contributed by atoms with van der Waals surface area (Å²) in [4.78, 5) is 11.7. The molecule has 3 heteroatoms. The van der Waals surface area contributed by atoms with E-state index < -0.39 is 0 Å². The molecular weight excluding hydrogens is 254 g/mol. The highest BCUT2D eigenvalue weighted by Crippen LogP contribution is 2.38. The molecule has 0 aliphatic heterocycles. The Labute approximate surface area is 98.2 Å². The number of halogens is 1. The number of benzene rings is 1. The zero-order chi connectivity index (χ0) is 10.8. The Morgan fingerprint density at radius 1 is 1.60 bits per heavy atom. The number of alkyl halides is 1. The number of hydrogen-bond donors (Lipinski definition) is 1. The lowest BCUT2D eigenvalue weighted by Crippen LogP contribution is -2.14. The quantitative estimate of drug-likeness (QED) is 0.838. The Hall–Kier alpha value is -0.830. The zero-order valence-corrected chi connectivity index (χ0v) is 10.3. The Balaban J connectivity index is 2.00. The van der Waals surface area contributed by atoms with E-state index in [1.807, 2.05) is 24.3 Å². The van der Waals surface area contributed by atoms with Crippen molar-refractivity contribution in [1.82, 2.24) is 0 Å². The van der Waals surface area contributed by atoms with Gasteiger partial charge in [0.2, 0.25) is 5.91 Å². The second-order valence-electron chi connectivity index (χ2n) is 4.14. The number of amides is 1. The van der Waals surface area contributed by atoms with Gasteiger partial charge in [-0.15, -0.1) is 0 Å². The van der Waals surface area contributed by atoms with Gasteiger partial charge in [-0.2, -0.15) is 0 Å². The van der Waals surface area contributed by atoms with Crippen LogP contribution >= 0.6 is 15.9 Å². The molecule has 1 aliphatic rings. The fourth-order valence-corrected chi connectivity index (χ4v) is 2.00. The third-order valence-corrected chi connectivity index (χ3v) is 3.44. The molecule has 1 amide bonds. The van der Waals surface area contributed by atoms with Gasteiger partial charge in [0.05, 0.1) is 0 Å². The van der Waals surface area contributed by atoms with E-state index in [9.17, 15) is 4.79 Å². The predicted molar refractivity (Wildman–Crippen MR) is 65.0 cm³/mol. The number of carbonyl (C=O) groups is 1. The zero-order valence-electron chi connectivity index (χ0n) is 8.66. The van der Waals surface area contributed by atoms with Crippen LogP contribution in [0.3, 0.4) is 0 Å². The van der Waals surface area contributed by atoms with Gasteiger partial charge in [0.15, 0.2) is 0 Å². The summed E-state index contributed by atoms with van der Waals surface area (Å²) in [5.74, 6) is 0.955. The van der Waals surface area contributed by atoms with Crippen LogP contribution in [0, 0.1) is 11.8 Å². The van der Waals surface area contributed by atoms with Gasteiger partial charge in [0, 0.05) is 16.9 Å². The largest absolute Gasteiger partial charge is 0.326 e. The Bertz CT molecular complexity index is 378. The van der Waals surface area contributed by atoms with Gasteiger partial charge < -0.3 is 5.32 Å². The number of carbonyl (C=O) groups excluding carboxylic acids is 1. The van der Waals surface area contributed by atoms with Crippen molar-refractivity contribution in [2.45, 2.75) is 18.7 Å². The first-order valence-electron chi connectivity index (χ1n) is 5.16. The van der Waals surface area contributed by atoms with Crippen LogP contribution in [-0.4, -0.2) is 5.91 Å². The number of anilines is 1. The molecule has 2 unspecified atom stereocenters. The summed E-state index contributed by atoms with van der Waals surface area (Å²) in [6.07, 6.45) is 1.03. The summed E-state index contributed by atoms with van der Waals surface area (Å²) in [6, 6.07) is 7.92. The Morgan fingerprint density at radius 3 is 2.93 bits per heavy atom. The molecule has 1 aromatic carbocycles. The maximum Gasteiger partial charge on any atom is 0.227 e. The van der Waals surface area contributed by atoms with E-state index in [1.165, 1.54) is 5.56 Å². The summed E-state index contributed by atoms with van der Waals surface area (Å²) < 4.78 is 0. The van der Waals surface area contributed by atoms with Crippen molar-refractivity contribution in [2.75, 3.05) is 5.32 Å². The summed E-state index contributed by atoms with van der Waals surface area (Å²) in [7, 11) is 0. The Kier molecular flexibility index (Phi) is 3.10. The molecule has 0 bridgehead atoms. The van der Waals surface area contributed by atoms with E-state index in [0.717, 1.165) is 17.4 Å². The van der Waals surface area contributed by atoms with Crippen molar-refractivity contribution in [3.63, 3.8) is 0 Å². The molecule has 0 spiro atoms. The first-order valence-corrected chi connectivity index (χ1v) is 6.28. The second kappa shape index (κ2) is 4.35. The molecule has 2 nitrogen and oxygen atoms in total. The SMILES string of the molecule is CC1CC1C(=O)Nc1cccc(CBr)c1. The van der Waals surface area contributed by atoms with E-state index in [0.29, 0.717) is 5.92 Å². The van der Waals surface area contributed by atoms with Crippen LogP contribution in [-0.2, 0) is 10.1 Å². The van der Waals surface area contributed by atoms with E-state index in [2.05, 4.69) is 28.2 Å². The van der Waals surface area contributed by atoms with Gasteiger partial charge >= 0.3 is 0 Å². The van der Waals surface area contributed by atoms with E-state index in [1.54, 1.807) is 0 Å².